The number of pyridine rings is 1. The van der Waals surface area contributed by atoms with Gasteiger partial charge in [-0.05, 0) is 12.1 Å². The molecule has 0 saturated heterocycles. The average Bonchev–Trinajstić information content (AvgIpc) is 2.65. The molecule has 0 fully saturated rings. The van der Waals surface area contributed by atoms with Crippen molar-refractivity contribution in [2.75, 3.05) is 33.2 Å². The van der Waals surface area contributed by atoms with Crippen LogP contribution in [0.25, 0.3) is 0 Å². The maximum atomic E-state index is 12.0. The summed E-state index contributed by atoms with van der Waals surface area (Å²) in [5, 5.41) is 5.85. The summed E-state index contributed by atoms with van der Waals surface area (Å²) in [4.78, 5) is 16.2. The van der Waals surface area contributed by atoms with Crippen molar-refractivity contribution < 1.29 is 19.0 Å². The summed E-state index contributed by atoms with van der Waals surface area (Å²) in [7, 11) is 4.63. The fraction of sp³-hybridized carbons (Fsp3) is 0.222. The molecule has 1 aromatic carbocycles. The van der Waals surface area contributed by atoms with Crippen LogP contribution in [-0.2, 0) is 0 Å². The summed E-state index contributed by atoms with van der Waals surface area (Å²) in [5.74, 6) is 1.85. The fourth-order valence-corrected chi connectivity index (χ4v) is 2.21. The molecule has 0 spiro atoms. The first-order valence-electron chi connectivity index (χ1n) is 7.55. The van der Waals surface area contributed by atoms with Crippen LogP contribution in [0.5, 0.6) is 17.2 Å². The number of aromatic nitrogens is 1. The number of nitrogens with one attached hydrogen (secondary N) is 2. The topological polar surface area (TPSA) is 81.7 Å². The SMILES string of the molecule is C=CCNC(=O)c1ccnc(Nc2cc(OC)c(OC)c(OC)c2)c1. The number of carbonyl (C=O) groups excluding carboxylic acids is 1. The lowest BCUT2D eigenvalue weighted by Crippen LogP contribution is -2.23. The molecule has 1 heterocycles. The lowest BCUT2D eigenvalue weighted by molar-refractivity contribution is 0.0958. The second kappa shape index (κ2) is 8.58. The highest BCUT2D eigenvalue weighted by Crippen LogP contribution is 2.40. The second-order valence-electron chi connectivity index (χ2n) is 4.97. The number of nitrogens with zero attached hydrogens (tertiary/aromatic N) is 1. The van der Waals surface area contributed by atoms with E-state index in [4.69, 9.17) is 14.2 Å². The standard InChI is InChI=1S/C18H21N3O4/c1-5-7-20-18(22)12-6-8-19-16(9-12)21-13-10-14(23-2)17(25-4)15(11-13)24-3/h5-6,8-11H,1,7H2,2-4H3,(H,19,21)(H,20,22). The summed E-state index contributed by atoms with van der Waals surface area (Å²) in [6.45, 7) is 3.97. The Labute approximate surface area is 146 Å². The average molecular weight is 343 g/mol. The number of rotatable bonds is 8. The van der Waals surface area contributed by atoms with Gasteiger partial charge >= 0.3 is 0 Å². The van der Waals surface area contributed by atoms with E-state index >= 15 is 0 Å². The Morgan fingerprint density at radius 1 is 1.16 bits per heavy atom. The van der Waals surface area contributed by atoms with Gasteiger partial charge in [0.15, 0.2) is 11.5 Å². The summed E-state index contributed by atoms with van der Waals surface area (Å²) >= 11 is 0. The van der Waals surface area contributed by atoms with Crippen LogP contribution in [0.1, 0.15) is 10.4 Å². The Balaban J connectivity index is 2.27. The van der Waals surface area contributed by atoms with Gasteiger partial charge in [-0.25, -0.2) is 4.98 Å². The van der Waals surface area contributed by atoms with E-state index in [-0.39, 0.29) is 5.91 Å². The number of hydrogen-bond donors (Lipinski definition) is 2. The third-order valence-electron chi connectivity index (χ3n) is 3.37. The summed E-state index contributed by atoms with van der Waals surface area (Å²) in [5.41, 5.74) is 1.18. The molecule has 25 heavy (non-hydrogen) atoms. The van der Waals surface area contributed by atoms with Gasteiger partial charge in [-0.1, -0.05) is 6.08 Å². The minimum Gasteiger partial charge on any atom is -0.493 e. The molecule has 2 rings (SSSR count). The van der Waals surface area contributed by atoms with Gasteiger partial charge in [0.05, 0.1) is 21.3 Å². The fourth-order valence-electron chi connectivity index (χ4n) is 2.21. The van der Waals surface area contributed by atoms with E-state index in [0.29, 0.717) is 40.9 Å². The van der Waals surface area contributed by atoms with Gasteiger partial charge in [-0.3, -0.25) is 4.79 Å². The highest BCUT2D eigenvalue weighted by Gasteiger charge is 2.14. The van der Waals surface area contributed by atoms with Crippen molar-refractivity contribution in [2.45, 2.75) is 0 Å². The van der Waals surface area contributed by atoms with Gasteiger partial charge in [-0.15, -0.1) is 6.58 Å². The first kappa shape index (κ1) is 18.1. The van der Waals surface area contributed by atoms with Crippen molar-refractivity contribution in [3.8, 4) is 17.2 Å². The van der Waals surface area contributed by atoms with Gasteiger partial charge < -0.3 is 24.8 Å². The molecule has 0 atom stereocenters. The van der Waals surface area contributed by atoms with E-state index in [1.807, 2.05) is 0 Å². The zero-order valence-electron chi connectivity index (χ0n) is 14.5. The third-order valence-corrected chi connectivity index (χ3v) is 3.37. The Kier molecular flexibility index (Phi) is 6.22. The zero-order valence-corrected chi connectivity index (χ0v) is 14.5. The number of anilines is 2. The minimum atomic E-state index is -0.199. The van der Waals surface area contributed by atoms with Crippen LogP contribution in [0.15, 0.2) is 43.1 Å². The number of benzene rings is 1. The van der Waals surface area contributed by atoms with Gasteiger partial charge in [-0.2, -0.15) is 0 Å². The molecule has 7 nitrogen and oxygen atoms in total. The molecule has 0 aliphatic rings. The van der Waals surface area contributed by atoms with Crippen LogP contribution >= 0.6 is 0 Å². The first-order chi connectivity index (χ1) is 12.1. The van der Waals surface area contributed by atoms with Gasteiger partial charge in [0.1, 0.15) is 5.82 Å². The lowest BCUT2D eigenvalue weighted by Gasteiger charge is -2.15. The maximum Gasteiger partial charge on any atom is 0.251 e. The molecule has 0 bridgehead atoms. The number of methoxy groups -OCH3 is 3. The molecule has 132 valence electrons. The molecule has 0 unspecified atom stereocenters. The van der Waals surface area contributed by atoms with Crippen molar-refractivity contribution in [3.63, 3.8) is 0 Å². The molecule has 0 aliphatic carbocycles. The zero-order chi connectivity index (χ0) is 18.2. The molecule has 1 amide bonds. The predicted octanol–water partition coefficient (Wildman–Crippen LogP) is 2.77. The summed E-state index contributed by atoms with van der Waals surface area (Å²) in [6, 6.07) is 6.81. The number of amides is 1. The van der Waals surface area contributed by atoms with Crippen molar-refractivity contribution >= 4 is 17.4 Å². The van der Waals surface area contributed by atoms with Crippen LogP contribution in [0.3, 0.4) is 0 Å². The second-order valence-corrected chi connectivity index (χ2v) is 4.97. The molecule has 2 N–H and O–H groups in total. The Morgan fingerprint density at radius 3 is 2.40 bits per heavy atom. The Morgan fingerprint density at radius 2 is 1.84 bits per heavy atom. The van der Waals surface area contributed by atoms with Gasteiger partial charge in [0, 0.05) is 36.1 Å². The summed E-state index contributed by atoms with van der Waals surface area (Å²) < 4.78 is 15.9. The molecule has 7 heteroatoms. The van der Waals surface area contributed by atoms with Gasteiger partial charge in [0.2, 0.25) is 5.75 Å². The normalized spacial score (nSPS) is 9.88. The van der Waals surface area contributed by atoms with E-state index < -0.39 is 0 Å². The van der Waals surface area contributed by atoms with Crippen molar-refractivity contribution in [3.05, 3.63) is 48.7 Å². The van der Waals surface area contributed by atoms with Gasteiger partial charge in [0.25, 0.3) is 5.91 Å². The number of ether oxygens (including phenoxy) is 3. The Bertz CT molecular complexity index is 737. The van der Waals surface area contributed by atoms with Crippen molar-refractivity contribution in [1.29, 1.82) is 0 Å². The first-order valence-corrected chi connectivity index (χ1v) is 7.55. The molecule has 0 aliphatic heterocycles. The van der Waals surface area contributed by atoms with E-state index in [2.05, 4.69) is 22.2 Å². The Hall–Kier alpha value is -3.22. The van der Waals surface area contributed by atoms with Crippen LogP contribution < -0.4 is 24.8 Å². The summed E-state index contributed by atoms with van der Waals surface area (Å²) in [6.07, 6.45) is 3.18. The van der Waals surface area contributed by atoms with E-state index in [1.165, 1.54) is 0 Å². The van der Waals surface area contributed by atoms with Crippen LogP contribution in [0.4, 0.5) is 11.5 Å². The quantitative estimate of drug-likeness (QED) is 0.717. The lowest BCUT2D eigenvalue weighted by atomic mass is 10.2. The highest BCUT2D eigenvalue weighted by molar-refractivity contribution is 5.95. The monoisotopic (exact) mass is 343 g/mol. The number of carbonyl (C=O) groups is 1. The molecule has 0 saturated carbocycles. The van der Waals surface area contributed by atoms with Crippen molar-refractivity contribution in [2.24, 2.45) is 0 Å². The molecule has 2 aromatic rings. The van der Waals surface area contributed by atoms with Crippen molar-refractivity contribution in [1.82, 2.24) is 10.3 Å². The van der Waals surface area contributed by atoms with Crippen LogP contribution in [0.2, 0.25) is 0 Å². The molecule has 1 aromatic heterocycles. The van der Waals surface area contributed by atoms with E-state index in [0.717, 1.165) is 0 Å². The van der Waals surface area contributed by atoms with Crippen LogP contribution in [-0.4, -0.2) is 38.8 Å². The maximum absolute atomic E-state index is 12.0. The molecule has 0 radical (unpaired) electrons. The highest BCUT2D eigenvalue weighted by atomic mass is 16.5. The predicted molar refractivity (Wildman–Crippen MR) is 96.1 cm³/mol. The minimum absolute atomic E-state index is 0.199. The van der Waals surface area contributed by atoms with E-state index in [9.17, 15) is 4.79 Å². The number of hydrogen-bond acceptors (Lipinski definition) is 6. The molecular weight excluding hydrogens is 322 g/mol. The van der Waals surface area contributed by atoms with E-state index in [1.54, 1.807) is 57.9 Å². The van der Waals surface area contributed by atoms with Crippen LogP contribution in [0, 0.1) is 0 Å². The molecular formula is C18H21N3O4. The third kappa shape index (κ3) is 4.41. The smallest absolute Gasteiger partial charge is 0.251 e. The largest absolute Gasteiger partial charge is 0.493 e.